The predicted molar refractivity (Wildman–Crippen MR) is 121 cm³/mol. The van der Waals surface area contributed by atoms with Crippen molar-refractivity contribution in [2.24, 2.45) is 5.92 Å². The van der Waals surface area contributed by atoms with Crippen molar-refractivity contribution in [3.8, 4) is 5.75 Å². The third kappa shape index (κ3) is 7.54. The number of nitrogens with one attached hydrogen (secondary N) is 2. The molecule has 0 aliphatic rings. The van der Waals surface area contributed by atoms with E-state index >= 15 is 0 Å². The van der Waals surface area contributed by atoms with E-state index in [-0.39, 0.29) is 17.4 Å². The van der Waals surface area contributed by atoms with E-state index in [0.717, 1.165) is 16.6 Å². The molecule has 5 nitrogen and oxygen atoms in total. The van der Waals surface area contributed by atoms with Crippen LogP contribution in [0.4, 0.5) is 5.69 Å². The number of carbonyl (C=O) groups is 2. The molecule has 2 amide bonds. The molecule has 2 N–H and O–H groups in total. The van der Waals surface area contributed by atoms with Crippen molar-refractivity contribution in [3.05, 3.63) is 58.1 Å². The third-order valence-corrected chi connectivity index (χ3v) is 4.66. The molecule has 0 saturated heterocycles. The maximum absolute atomic E-state index is 12.5. The number of ether oxygens (including phenoxy) is 1. The normalized spacial score (nSPS) is 11.3. The first-order valence-electron chi connectivity index (χ1n) is 9.71. The van der Waals surface area contributed by atoms with Gasteiger partial charge in [-0.1, -0.05) is 13.8 Å². The highest BCUT2D eigenvalue weighted by atomic mass is 79.9. The number of hydrogen-bond acceptors (Lipinski definition) is 3. The standard InChI is InChI=1S/C23H29BrN2O3/c1-15(2)12-13-29-20-11-8-17(14-19(20)24)21(27)25-18-9-6-16(7-10-18)22(28)26-23(3,4)5/h6-11,14-15H,12-13H2,1-5H3,(H,25,27)(H,26,28). The van der Waals surface area contributed by atoms with Crippen LogP contribution in [0.1, 0.15) is 61.8 Å². The molecule has 29 heavy (non-hydrogen) atoms. The summed E-state index contributed by atoms with van der Waals surface area (Å²) in [6.07, 6.45) is 0.971. The van der Waals surface area contributed by atoms with E-state index in [1.54, 1.807) is 42.5 Å². The summed E-state index contributed by atoms with van der Waals surface area (Å²) in [5.41, 5.74) is 1.38. The smallest absolute Gasteiger partial charge is 0.255 e. The van der Waals surface area contributed by atoms with Crippen molar-refractivity contribution in [1.82, 2.24) is 5.32 Å². The molecule has 0 bridgehead atoms. The molecule has 0 aliphatic carbocycles. The molecule has 0 unspecified atom stereocenters. The molecule has 0 radical (unpaired) electrons. The van der Waals surface area contributed by atoms with Crippen LogP contribution in [0.15, 0.2) is 46.9 Å². The molecular weight excluding hydrogens is 432 g/mol. The average molecular weight is 461 g/mol. The topological polar surface area (TPSA) is 67.4 Å². The summed E-state index contributed by atoms with van der Waals surface area (Å²) >= 11 is 3.47. The Kier molecular flexibility index (Phi) is 7.85. The second-order valence-electron chi connectivity index (χ2n) is 8.41. The van der Waals surface area contributed by atoms with E-state index in [1.165, 1.54) is 0 Å². The Labute approximate surface area is 181 Å². The lowest BCUT2D eigenvalue weighted by atomic mass is 10.1. The van der Waals surface area contributed by atoms with Gasteiger partial charge >= 0.3 is 0 Å². The first kappa shape index (κ1) is 22.9. The number of hydrogen-bond donors (Lipinski definition) is 2. The summed E-state index contributed by atoms with van der Waals surface area (Å²) in [6, 6.07) is 12.1. The molecule has 2 aromatic rings. The highest BCUT2D eigenvalue weighted by Crippen LogP contribution is 2.27. The van der Waals surface area contributed by atoms with E-state index in [4.69, 9.17) is 4.74 Å². The van der Waals surface area contributed by atoms with Crippen molar-refractivity contribution < 1.29 is 14.3 Å². The first-order chi connectivity index (χ1) is 13.5. The zero-order valence-corrected chi connectivity index (χ0v) is 19.2. The quantitative estimate of drug-likeness (QED) is 0.560. The molecular formula is C23H29BrN2O3. The molecule has 6 heteroatoms. The summed E-state index contributed by atoms with van der Waals surface area (Å²) in [7, 11) is 0. The van der Waals surface area contributed by atoms with Gasteiger partial charge in [-0.25, -0.2) is 0 Å². The number of halogens is 1. The predicted octanol–water partition coefficient (Wildman–Crippen LogP) is 5.65. The van der Waals surface area contributed by atoms with Gasteiger partial charge in [0.2, 0.25) is 0 Å². The van der Waals surface area contributed by atoms with Crippen LogP contribution in [0.25, 0.3) is 0 Å². The van der Waals surface area contributed by atoms with Gasteiger partial charge in [0.15, 0.2) is 0 Å². The Hall–Kier alpha value is -2.34. The van der Waals surface area contributed by atoms with Gasteiger partial charge in [-0.2, -0.15) is 0 Å². The van der Waals surface area contributed by atoms with Gasteiger partial charge in [-0.3, -0.25) is 9.59 Å². The zero-order chi connectivity index (χ0) is 21.6. The van der Waals surface area contributed by atoms with Crippen molar-refractivity contribution in [2.75, 3.05) is 11.9 Å². The van der Waals surface area contributed by atoms with Crippen LogP contribution in [-0.4, -0.2) is 24.0 Å². The van der Waals surface area contributed by atoms with Crippen molar-refractivity contribution in [2.45, 2.75) is 46.6 Å². The number of carbonyl (C=O) groups excluding carboxylic acids is 2. The Bertz CT molecular complexity index is 855. The summed E-state index contributed by atoms with van der Waals surface area (Å²) < 4.78 is 6.49. The van der Waals surface area contributed by atoms with E-state index in [2.05, 4.69) is 40.4 Å². The largest absolute Gasteiger partial charge is 0.492 e. The van der Waals surface area contributed by atoms with Gasteiger partial charge in [0.1, 0.15) is 5.75 Å². The average Bonchev–Trinajstić information content (AvgIpc) is 2.62. The molecule has 156 valence electrons. The van der Waals surface area contributed by atoms with Crippen LogP contribution in [0, 0.1) is 5.92 Å². The van der Waals surface area contributed by atoms with Crippen LogP contribution >= 0.6 is 15.9 Å². The molecule has 0 atom stereocenters. The maximum Gasteiger partial charge on any atom is 0.255 e. The van der Waals surface area contributed by atoms with Crippen LogP contribution in [0.3, 0.4) is 0 Å². The molecule has 2 aromatic carbocycles. The molecule has 0 aliphatic heterocycles. The molecule has 0 saturated carbocycles. The minimum Gasteiger partial charge on any atom is -0.492 e. The van der Waals surface area contributed by atoms with Gasteiger partial charge in [0, 0.05) is 22.4 Å². The zero-order valence-electron chi connectivity index (χ0n) is 17.6. The molecule has 0 heterocycles. The fraction of sp³-hybridized carbons (Fsp3) is 0.391. The highest BCUT2D eigenvalue weighted by molar-refractivity contribution is 9.10. The minimum atomic E-state index is -0.304. The number of rotatable bonds is 7. The van der Waals surface area contributed by atoms with Crippen LogP contribution < -0.4 is 15.4 Å². The van der Waals surface area contributed by atoms with E-state index in [9.17, 15) is 9.59 Å². The maximum atomic E-state index is 12.5. The van der Waals surface area contributed by atoms with Gasteiger partial charge in [0.25, 0.3) is 11.8 Å². The van der Waals surface area contributed by atoms with Gasteiger partial charge < -0.3 is 15.4 Å². The molecule has 0 fully saturated rings. The lowest BCUT2D eigenvalue weighted by molar-refractivity contribution is 0.0919. The fourth-order valence-electron chi connectivity index (χ4n) is 2.48. The molecule has 0 aromatic heterocycles. The van der Waals surface area contributed by atoms with E-state index in [1.807, 2.05) is 20.8 Å². The first-order valence-corrected chi connectivity index (χ1v) is 10.5. The Morgan fingerprint density at radius 1 is 1.00 bits per heavy atom. The summed E-state index contributed by atoms with van der Waals surface area (Å²) in [5.74, 6) is 0.917. The Morgan fingerprint density at radius 3 is 2.17 bits per heavy atom. The van der Waals surface area contributed by atoms with Gasteiger partial charge in [-0.05, 0) is 91.5 Å². The summed E-state index contributed by atoms with van der Waals surface area (Å²) in [6.45, 7) is 10.7. The second kappa shape index (κ2) is 9.92. The SMILES string of the molecule is CC(C)CCOc1ccc(C(=O)Nc2ccc(C(=O)NC(C)(C)C)cc2)cc1Br. The van der Waals surface area contributed by atoms with Gasteiger partial charge in [0.05, 0.1) is 11.1 Å². The highest BCUT2D eigenvalue weighted by Gasteiger charge is 2.15. The molecule has 0 spiro atoms. The minimum absolute atomic E-state index is 0.146. The summed E-state index contributed by atoms with van der Waals surface area (Å²) in [4.78, 5) is 24.7. The van der Waals surface area contributed by atoms with Crippen LogP contribution in [0.2, 0.25) is 0 Å². The van der Waals surface area contributed by atoms with Crippen LogP contribution in [-0.2, 0) is 0 Å². The van der Waals surface area contributed by atoms with Crippen molar-refractivity contribution >= 4 is 33.4 Å². The van der Waals surface area contributed by atoms with E-state index in [0.29, 0.717) is 29.3 Å². The monoisotopic (exact) mass is 460 g/mol. The lowest BCUT2D eigenvalue weighted by Gasteiger charge is -2.20. The van der Waals surface area contributed by atoms with E-state index < -0.39 is 0 Å². The number of amides is 2. The van der Waals surface area contributed by atoms with Crippen molar-refractivity contribution in [3.63, 3.8) is 0 Å². The lowest BCUT2D eigenvalue weighted by Crippen LogP contribution is -2.40. The fourth-order valence-corrected chi connectivity index (χ4v) is 2.98. The Balaban J connectivity index is 1.99. The van der Waals surface area contributed by atoms with Crippen LogP contribution in [0.5, 0.6) is 5.75 Å². The van der Waals surface area contributed by atoms with Gasteiger partial charge in [-0.15, -0.1) is 0 Å². The molecule has 2 rings (SSSR count). The Morgan fingerprint density at radius 2 is 1.62 bits per heavy atom. The third-order valence-electron chi connectivity index (χ3n) is 4.04. The summed E-state index contributed by atoms with van der Waals surface area (Å²) in [5, 5.41) is 5.76. The second-order valence-corrected chi connectivity index (χ2v) is 9.27. The number of anilines is 1. The number of benzene rings is 2. The van der Waals surface area contributed by atoms with Crippen molar-refractivity contribution in [1.29, 1.82) is 0 Å².